The van der Waals surface area contributed by atoms with Crippen molar-refractivity contribution in [1.82, 2.24) is 0 Å². The second-order valence-corrected chi connectivity index (χ2v) is 4.81. The minimum atomic E-state index is -0.334. The van der Waals surface area contributed by atoms with Crippen LogP contribution in [0.25, 0.3) is 0 Å². The Morgan fingerprint density at radius 2 is 1.50 bits per heavy atom. The standard InChI is InChI=1S/C18H18O6/c1-21-13-5-6-14(12(7-13)10-19)17(20)11-8-15(22-2)18(24-4)16(9-11)23-3/h5-10H,1-4H3. The molecule has 0 aliphatic rings. The molecule has 0 amide bonds. The number of carbonyl (C=O) groups excluding carboxylic acids is 2. The van der Waals surface area contributed by atoms with Crippen LogP contribution in [-0.2, 0) is 0 Å². The van der Waals surface area contributed by atoms with Gasteiger partial charge >= 0.3 is 0 Å². The summed E-state index contributed by atoms with van der Waals surface area (Å²) < 4.78 is 20.8. The van der Waals surface area contributed by atoms with Crippen LogP contribution in [-0.4, -0.2) is 40.5 Å². The number of carbonyl (C=O) groups is 2. The van der Waals surface area contributed by atoms with Crippen molar-refractivity contribution < 1.29 is 28.5 Å². The van der Waals surface area contributed by atoms with Gasteiger partial charge in [0.2, 0.25) is 5.75 Å². The molecule has 0 N–H and O–H groups in total. The number of hydrogen-bond donors (Lipinski definition) is 0. The van der Waals surface area contributed by atoms with Crippen LogP contribution in [0.2, 0.25) is 0 Å². The Hall–Kier alpha value is -3.02. The van der Waals surface area contributed by atoms with E-state index < -0.39 is 0 Å². The van der Waals surface area contributed by atoms with Gasteiger partial charge < -0.3 is 18.9 Å². The van der Waals surface area contributed by atoms with E-state index >= 15 is 0 Å². The molecule has 2 rings (SSSR count). The lowest BCUT2D eigenvalue weighted by Gasteiger charge is -2.14. The van der Waals surface area contributed by atoms with E-state index in [0.29, 0.717) is 34.8 Å². The summed E-state index contributed by atoms with van der Waals surface area (Å²) in [6.45, 7) is 0. The van der Waals surface area contributed by atoms with Gasteiger partial charge in [-0.1, -0.05) is 0 Å². The fraction of sp³-hybridized carbons (Fsp3) is 0.222. The highest BCUT2D eigenvalue weighted by atomic mass is 16.5. The monoisotopic (exact) mass is 330 g/mol. The Morgan fingerprint density at radius 1 is 0.875 bits per heavy atom. The van der Waals surface area contributed by atoms with E-state index in [1.165, 1.54) is 34.5 Å². The number of hydrogen-bond acceptors (Lipinski definition) is 6. The third kappa shape index (κ3) is 3.17. The zero-order valence-electron chi connectivity index (χ0n) is 13.9. The van der Waals surface area contributed by atoms with Crippen LogP contribution < -0.4 is 18.9 Å². The first-order valence-electron chi connectivity index (χ1n) is 7.07. The fourth-order valence-electron chi connectivity index (χ4n) is 2.34. The average Bonchev–Trinajstić information content (AvgIpc) is 2.65. The Morgan fingerprint density at radius 3 is 1.96 bits per heavy atom. The van der Waals surface area contributed by atoms with Gasteiger partial charge in [-0.05, 0) is 30.3 Å². The van der Waals surface area contributed by atoms with E-state index in [2.05, 4.69) is 0 Å². The van der Waals surface area contributed by atoms with E-state index in [4.69, 9.17) is 18.9 Å². The van der Waals surface area contributed by atoms with Crippen molar-refractivity contribution in [2.24, 2.45) is 0 Å². The van der Waals surface area contributed by atoms with Gasteiger partial charge in [-0.25, -0.2) is 0 Å². The van der Waals surface area contributed by atoms with Crippen molar-refractivity contribution in [3.63, 3.8) is 0 Å². The Bertz CT molecular complexity index is 741. The first-order valence-corrected chi connectivity index (χ1v) is 7.07. The molecule has 24 heavy (non-hydrogen) atoms. The van der Waals surface area contributed by atoms with Gasteiger partial charge in [0.05, 0.1) is 28.4 Å². The molecule has 0 spiro atoms. The summed E-state index contributed by atoms with van der Waals surface area (Å²) in [5, 5.41) is 0. The molecule has 0 atom stereocenters. The summed E-state index contributed by atoms with van der Waals surface area (Å²) in [6.07, 6.45) is 0.619. The van der Waals surface area contributed by atoms with Gasteiger partial charge in [-0.2, -0.15) is 0 Å². The number of ketones is 1. The zero-order valence-corrected chi connectivity index (χ0v) is 13.9. The molecule has 2 aromatic carbocycles. The summed E-state index contributed by atoms with van der Waals surface area (Å²) in [5.41, 5.74) is 0.825. The maximum absolute atomic E-state index is 12.8. The third-order valence-corrected chi connectivity index (χ3v) is 3.56. The molecule has 0 aliphatic heterocycles. The van der Waals surface area contributed by atoms with Crippen molar-refractivity contribution in [3.8, 4) is 23.0 Å². The van der Waals surface area contributed by atoms with Gasteiger partial charge in [0, 0.05) is 16.7 Å². The lowest BCUT2D eigenvalue weighted by molar-refractivity contribution is 0.102. The van der Waals surface area contributed by atoms with Crippen LogP contribution in [0.3, 0.4) is 0 Å². The normalized spacial score (nSPS) is 10.0. The molecule has 0 aromatic heterocycles. The van der Waals surface area contributed by atoms with Gasteiger partial charge in [-0.15, -0.1) is 0 Å². The molecule has 126 valence electrons. The van der Waals surface area contributed by atoms with E-state index in [-0.39, 0.29) is 16.9 Å². The number of ether oxygens (including phenoxy) is 4. The van der Waals surface area contributed by atoms with Crippen LogP contribution in [0.4, 0.5) is 0 Å². The van der Waals surface area contributed by atoms with Gasteiger partial charge in [0.15, 0.2) is 23.6 Å². The molecule has 6 heteroatoms. The molecule has 0 saturated heterocycles. The van der Waals surface area contributed by atoms with Crippen LogP contribution >= 0.6 is 0 Å². The van der Waals surface area contributed by atoms with Crippen molar-refractivity contribution in [1.29, 1.82) is 0 Å². The van der Waals surface area contributed by atoms with Crippen LogP contribution in [0.5, 0.6) is 23.0 Å². The molecule has 0 bridgehead atoms. The fourth-order valence-corrected chi connectivity index (χ4v) is 2.34. The molecule has 6 nitrogen and oxygen atoms in total. The van der Waals surface area contributed by atoms with Crippen molar-refractivity contribution in [2.45, 2.75) is 0 Å². The summed E-state index contributed by atoms with van der Waals surface area (Å²) in [5.74, 6) is 1.28. The number of rotatable bonds is 7. The van der Waals surface area contributed by atoms with Gasteiger partial charge in [0.1, 0.15) is 5.75 Å². The SMILES string of the molecule is COc1ccc(C(=O)c2cc(OC)c(OC)c(OC)c2)c(C=O)c1. The van der Waals surface area contributed by atoms with Gasteiger partial charge in [0.25, 0.3) is 0 Å². The van der Waals surface area contributed by atoms with Crippen LogP contribution in [0, 0.1) is 0 Å². The quantitative estimate of drug-likeness (QED) is 0.574. The lowest BCUT2D eigenvalue weighted by Crippen LogP contribution is -2.07. The Labute approximate surface area is 139 Å². The maximum atomic E-state index is 12.8. The predicted molar refractivity (Wildman–Crippen MR) is 87.9 cm³/mol. The average molecular weight is 330 g/mol. The zero-order chi connectivity index (χ0) is 17.7. The van der Waals surface area contributed by atoms with Crippen molar-refractivity contribution in [2.75, 3.05) is 28.4 Å². The second-order valence-electron chi connectivity index (χ2n) is 4.81. The number of benzene rings is 2. The highest BCUT2D eigenvalue weighted by molar-refractivity contribution is 6.13. The summed E-state index contributed by atoms with van der Waals surface area (Å²) in [6, 6.07) is 7.77. The van der Waals surface area contributed by atoms with Crippen LogP contribution in [0.1, 0.15) is 26.3 Å². The second kappa shape index (κ2) is 7.50. The highest BCUT2D eigenvalue weighted by Crippen LogP contribution is 2.38. The largest absolute Gasteiger partial charge is 0.497 e. The van der Waals surface area contributed by atoms with E-state index in [0.717, 1.165) is 0 Å². The highest BCUT2D eigenvalue weighted by Gasteiger charge is 2.20. The lowest BCUT2D eigenvalue weighted by atomic mass is 9.98. The first-order chi connectivity index (χ1) is 11.6. The molecule has 0 heterocycles. The van der Waals surface area contributed by atoms with Crippen LogP contribution in [0.15, 0.2) is 30.3 Å². The Kier molecular flexibility index (Phi) is 5.42. The summed E-state index contributed by atoms with van der Waals surface area (Å²) in [4.78, 5) is 24.1. The molecule has 0 aliphatic carbocycles. The Balaban J connectivity index is 2.56. The summed E-state index contributed by atoms with van der Waals surface area (Å²) >= 11 is 0. The smallest absolute Gasteiger partial charge is 0.203 e. The number of methoxy groups -OCH3 is 4. The van der Waals surface area contributed by atoms with Gasteiger partial charge in [-0.3, -0.25) is 9.59 Å². The van der Waals surface area contributed by atoms with E-state index in [1.54, 1.807) is 24.3 Å². The molecule has 0 unspecified atom stereocenters. The molecule has 0 fully saturated rings. The topological polar surface area (TPSA) is 71.1 Å². The molecule has 2 aromatic rings. The minimum Gasteiger partial charge on any atom is -0.497 e. The maximum Gasteiger partial charge on any atom is 0.203 e. The first kappa shape index (κ1) is 17.3. The molecule has 0 saturated carbocycles. The van der Waals surface area contributed by atoms with Crippen molar-refractivity contribution in [3.05, 3.63) is 47.0 Å². The van der Waals surface area contributed by atoms with Crippen molar-refractivity contribution >= 4 is 12.1 Å². The summed E-state index contributed by atoms with van der Waals surface area (Å²) in [7, 11) is 5.91. The minimum absolute atomic E-state index is 0.244. The molecule has 0 radical (unpaired) electrons. The molecular formula is C18H18O6. The third-order valence-electron chi connectivity index (χ3n) is 3.56. The predicted octanol–water partition coefficient (Wildman–Crippen LogP) is 2.76. The molecular weight excluding hydrogens is 312 g/mol. The van der Waals surface area contributed by atoms with E-state index in [9.17, 15) is 9.59 Å². The number of aldehydes is 1. The van der Waals surface area contributed by atoms with E-state index in [1.807, 2.05) is 0 Å².